The van der Waals surface area contributed by atoms with Crippen LogP contribution in [0.1, 0.15) is 32.4 Å². The van der Waals surface area contributed by atoms with Crippen molar-refractivity contribution in [2.24, 2.45) is 5.73 Å². The van der Waals surface area contributed by atoms with Crippen molar-refractivity contribution >= 4 is 5.69 Å². The van der Waals surface area contributed by atoms with Crippen LogP contribution in [0.4, 0.5) is 5.69 Å². The van der Waals surface area contributed by atoms with Gasteiger partial charge in [-0.25, -0.2) is 0 Å². The van der Waals surface area contributed by atoms with Gasteiger partial charge < -0.3 is 15.4 Å². The molecule has 0 aromatic heterocycles. The number of hydrogen-bond acceptors (Lipinski definition) is 3. The van der Waals surface area contributed by atoms with Crippen LogP contribution in [0.25, 0.3) is 0 Å². The average molecular weight is 236 g/mol. The predicted molar refractivity (Wildman–Crippen MR) is 73.4 cm³/mol. The molecule has 96 valence electrons. The smallest absolute Gasteiger partial charge is 0.0641 e. The minimum atomic E-state index is 0.0996. The van der Waals surface area contributed by atoms with Crippen molar-refractivity contribution in [3.05, 3.63) is 29.8 Å². The Hall–Kier alpha value is -1.06. The molecule has 0 heterocycles. The topological polar surface area (TPSA) is 38.5 Å². The second-order valence-corrected chi connectivity index (χ2v) is 4.16. The molecule has 0 saturated carbocycles. The minimum absolute atomic E-state index is 0.0996. The molecule has 0 aliphatic rings. The molecule has 0 amide bonds. The molecule has 0 fully saturated rings. The van der Waals surface area contributed by atoms with Crippen molar-refractivity contribution < 1.29 is 4.74 Å². The lowest BCUT2D eigenvalue weighted by Crippen LogP contribution is -2.27. The molecule has 0 aliphatic heterocycles. The molecule has 0 radical (unpaired) electrons. The van der Waals surface area contributed by atoms with Gasteiger partial charge in [0.05, 0.1) is 6.61 Å². The van der Waals surface area contributed by atoms with Gasteiger partial charge in [-0.15, -0.1) is 0 Å². The van der Waals surface area contributed by atoms with Crippen molar-refractivity contribution in [1.82, 2.24) is 0 Å². The third-order valence-electron chi connectivity index (χ3n) is 2.88. The van der Waals surface area contributed by atoms with E-state index in [1.807, 2.05) is 13.8 Å². The maximum absolute atomic E-state index is 5.84. The number of anilines is 1. The highest BCUT2D eigenvalue weighted by Gasteiger charge is 2.05. The summed E-state index contributed by atoms with van der Waals surface area (Å²) in [7, 11) is 0. The number of rotatable bonds is 7. The summed E-state index contributed by atoms with van der Waals surface area (Å²) in [6, 6.07) is 8.57. The summed E-state index contributed by atoms with van der Waals surface area (Å²) in [6.07, 6.45) is 0. The van der Waals surface area contributed by atoms with Gasteiger partial charge in [0.25, 0.3) is 0 Å². The Morgan fingerprint density at radius 3 is 2.35 bits per heavy atom. The van der Waals surface area contributed by atoms with E-state index in [4.69, 9.17) is 10.5 Å². The van der Waals surface area contributed by atoms with Gasteiger partial charge in [0.1, 0.15) is 0 Å². The SMILES string of the molecule is CCOCCN(CC)c1ccc(C(C)N)cc1. The van der Waals surface area contributed by atoms with Crippen molar-refractivity contribution in [1.29, 1.82) is 0 Å². The second-order valence-electron chi connectivity index (χ2n) is 4.16. The van der Waals surface area contributed by atoms with E-state index in [9.17, 15) is 0 Å². The quantitative estimate of drug-likeness (QED) is 0.739. The summed E-state index contributed by atoms with van der Waals surface area (Å²) in [5.74, 6) is 0. The Morgan fingerprint density at radius 1 is 1.24 bits per heavy atom. The molecule has 1 rings (SSSR count). The molecule has 0 aliphatic carbocycles. The van der Waals surface area contributed by atoms with Gasteiger partial charge in [-0.2, -0.15) is 0 Å². The molecule has 0 bridgehead atoms. The first-order valence-electron chi connectivity index (χ1n) is 6.37. The van der Waals surface area contributed by atoms with E-state index in [0.29, 0.717) is 0 Å². The zero-order valence-corrected chi connectivity index (χ0v) is 11.1. The summed E-state index contributed by atoms with van der Waals surface area (Å²) in [6.45, 7) is 9.66. The van der Waals surface area contributed by atoms with Gasteiger partial charge in [0, 0.05) is 31.4 Å². The molecule has 3 heteroatoms. The highest BCUT2D eigenvalue weighted by molar-refractivity contribution is 5.47. The highest BCUT2D eigenvalue weighted by Crippen LogP contribution is 2.17. The molecule has 3 nitrogen and oxygen atoms in total. The Labute approximate surface area is 105 Å². The number of benzene rings is 1. The van der Waals surface area contributed by atoms with Crippen molar-refractivity contribution in [3.8, 4) is 0 Å². The maximum atomic E-state index is 5.84. The summed E-state index contributed by atoms with van der Waals surface area (Å²) in [5, 5.41) is 0. The first-order chi connectivity index (χ1) is 8.19. The van der Waals surface area contributed by atoms with Gasteiger partial charge in [-0.3, -0.25) is 0 Å². The third kappa shape index (κ3) is 4.36. The van der Waals surface area contributed by atoms with Crippen LogP contribution in [0.3, 0.4) is 0 Å². The summed E-state index contributed by atoms with van der Waals surface area (Å²) < 4.78 is 5.39. The fourth-order valence-corrected chi connectivity index (χ4v) is 1.78. The van der Waals surface area contributed by atoms with Crippen molar-refractivity contribution in [2.45, 2.75) is 26.8 Å². The first-order valence-corrected chi connectivity index (χ1v) is 6.37. The van der Waals surface area contributed by atoms with Crippen LogP contribution in [-0.4, -0.2) is 26.3 Å². The van der Waals surface area contributed by atoms with Crippen LogP contribution in [0.15, 0.2) is 24.3 Å². The Bertz CT molecular complexity index is 309. The molecule has 0 saturated heterocycles. The van der Waals surface area contributed by atoms with Crippen molar-refractivity contribution in [2.75, 3.05) is 31.2 Å². The summed E-state index contributed by atoms with van der Waals surface area (Å²) in [5.41, 5.74) is 8.25. The van der Waals surface area contributed by atoms with E-state index >= 15 is 0 Å². The molecule has 2 N–H and O–H groups in total. The molecule has 1 aromatic carbocycles. The minimum Gasteiger partial charge on any atom is -0.380 e. The highest BCUT2D eigenvalue weighted by atomic mass is 16.5. The van der Waals surface area contributed by atoms with Crippen LogP contribution in [0, 0.1) is 0 Å². The monoisotopic (exact) mass is 236 g/mol. The van der Waals surface area contributed by atoms with E-state index in [2.05, 4.69) is 36.1 Å². The fraction of sp³-hybridized carbons (Fsp3) is 0.571. The summed E-state index contributed by atoms with van der Waals surface area (Å²) >= 11 is 0. The van der Waals surface area contributed by atoms with Crippen LogP contribution in [-0.2, 0) is 4.74 Å². The van der Waals surface area contributed by atoms with Crippen LogP contribution >= 0.6 is 0 Å². The lowest BCUT2D eigenvalue weighted by molar-refractivity contribution is 0.154. The van der Waals surface area contributed by atoms with Gasteiger partial charge >= 0.3 is 0 Å². The van der Waals surface area contributed by atoms with Crippen molar-refractivity contribution in [3.63, 3.8) is 0 Å². The van der Waals surface area contributed by atoms with E-state index in [1.165, 1.54) is 11.3 Å². The number of hydrogen-bond donors (Lipinski definition) is 1. The number of ether oxygens (including phenoxy) is 1. The zero-order chi connectivity index (χ0) is 12.7. The summed E-state index contributed by atoms with van der Waals surface area (Å²) in [4.78, 5) is 2.31. The molecular weight excluding hydrogens is 212 g/mol. The van der Waals surface area contributed by atoms with Gasteiger partial charge in [0.15, 0.2) is 0 Å². The number of nitrogens with two attached hydrogens (primary N) is 1. The Morgan fingerprint density at radius 2 is 1.88 bits per heavy atom. The molecular formula is C14H24N2O. The number of likely N-dealkylation sites (N-methyl/N-ethyl adjacent to an activating group) is 1. The largest absolute Gasteiger partial charge is 0.380 e. The van der Waals surface area contributed by atoms with Crippen LogP contribution in [0.5, 0.6) is 0 Å². The molecule has 1 aromatic rings. The van der Waals surface area contributed by atoms with E-state index in [0.717, 1.165) is 26.3 Å². The van der Waals surface area contributed by atoms with Gasteiger partial charge in [-0.1, -0.05) is 12.1 Å². The fourth-order valence-electron chi connectivity index (χ4n) is 1.78. The van der Waals surface area contributed by atoms with Crippen LogP contribution < -0.4 is 10.6 Å². The van der Waals surface area contributed by atoms with E-state index in [1.54, 1.807) is 0 Å². The molecule has 0 spiro atoms. The van der Waals surface area contributed by atoms with E-state index in [-0.39, 0.29) is 6.04 Å². The average Bonchev–Trinajstić information content (AvgIpc) is 2.35. The molecule has 1 atom stereocenters. The lowest BCUT2D eigenvalue weighted by atomic mass is 10.1. The maximum Gasteiger partial charge on any atom is 0.0641 e. The Balaban J connectivity index is 2.62. The van der Waals surface area contributed by atoms with Gasteiger partial charge in [0.2, 0.25) is 0 Å². The molecule has 17 heavy (non-hydrogen) atoms. The predicted octanol–water partition coefficient (Wildman–Crippen LogP) is 2.57. The van der Waals surface area contributed by atoms with E-state index < -0.39 is 0 Å². The lowest BCUT2D eigenvalue weighted by Gasteiger charge is -2.23. The van der Waals surface area contributed by atoms with Gasteiger partial charge in [-0.05, 0) is 38.5 Å². The zero-order valence-electron chi connectivity index (χ0n) is 11.1. The number of nitrogens with zero attached hydrogens (tertiary/aromatic N) is 1. The molecule has 1 unspecified atom stereocenters. The third-order valence-corrected chi connectivity index (χ3v) is 2.88. The standard InChI is InChI=1S/C14H24N2O/c1-4-16(10-11-17-5-2)14-8-6-13(7-9-14)12(3)15/h6-9,12H,4-5,10-11,15H2,1-3H3. The Kier molecular flexibility index (Phi) is 6.01. The van der Waals surface area contributed by atoms with Crippen LogP contribution in [0.2, 0.25) is 0 Å². The normalized spacial score (nSPS) is 12.5. The first kappa shape index (κ1) is 14.0. The second kappa shape index (κ2) is 7.30.